The highest BCUT2D eigenvalue weighted by atomic mass is 32.2. The van der Waals surface area contributed by atoms with Gasteiger partial charge in [-0.3, -0.25) is 4.79 Å². The first-order chi connectivity index (χ1) is 5.82. The first kappa shape index (κ1) is 9.52. The lowest BCUT2D eigenvalue weighted by molar-refractivity contribution is 0.0972. The molecule has 72 valence electrons. The summed E-state index contributed by atoms with van der Waals surface area (Å²) in [6.45, 7) is 0. The van der Waals surface area contributed by atoms with E-state index in [9.17, 15) is 18.0 Å². The Morgan fingerprint density at radius 3 is 2.38 bits per heavy atom. The van der Waals surface area contributed by atoms with Gasteiger partial charge in [0.2, 0.25) is 15.8 Å². The molecule has 8 heteroatoms. The smallest absolute Gasteiger partial charge is 0.402 e. The Bertz CT molecular complexity index is 493. The third kappa shape index (κ3) is 1.78. The number of rotatable bonds is 2. The molecular weight excluding hydrogens is 200 g/mol. The van der Waals surface area contributed by atoms with Crippen molar-refractivity contribution in [3.8, 4) is 0 Å². The predicted molar refractivity (Wildman–Crippen MR) is 41.7 cm³/mol. The molecule has 0 atom stereocenters. The van der Waals surface area contributed by atoms with Crippen molar-refractivity contribution in [3.63, 3.8) is 0 Å². The molecule has 0 aromatic carbocycles. The molecule has 1 rings (SSSR count). The summed E-state index contributed by atoms with van der Waals surface area (Å²) in [5, 5.41) is 0. The maximum Gasteiger partial charge on any atom is 0.433 e. The minimum absolute atomic E-state index is 0.299. The summed E-state index contributed by atoms with van der Waals surface area (Å²) >= 11 is 0. The zero-order chi connectivity index (χ0) is 10.2. The second-order valence-electron chi connectivity index (χ2n) is 2.28. The van der Waals surface area contributed by atoms with Crippen LogP contribution in [0.1, 0.15) is 10.6 Å². The van der Waals surface area contributed by atoms with Crippen LogP contribution in [0.15, 0.2) is 15.4 Å². The Kier molecular flexibility index (Phi) is 2.00. The first-order valence-corrected chi connectivity index (χ1v) is 4.90. The molecule has 13 heavy (non-hydrogen) atoms. The monoisotopic (exact) mass is 206 g/mol. The number of primary amides is 1. The van der Waals surface area contributed by atoms with E-state index in [1.54, 1.807) is 0 Å². The lowest BCUT2D eigenvalue weighted by Crippen LogP contribution is -2.20. The predicted octanol–water partition coefficient (Wildman–Crippen LogP) is -1.65. The standard InChI is InChI=1S/C5H6N2O5S/c1-13(10,11)7-2-3(4(6)8)12-5(7)9/h2H,1H3,(H2,6,8). The molecule has 0 saturated carbocycles. The molecule has 1 amide bonds. The van der Waals surface area contributed by atoms with Gasteiger partial charge in [0.1, 0.15) is 0 Å². The van der Waals surface area contributed by atoms with E-state index in [0.717, 1.165) is 12.5 Å². The fraction of sp³-hybridized carbons (Fsp3) is 0.200. The number of carbonyl (C=O) groups is 1. The van der Waals surface area contributed by atoms with E-state index in [-0.39, 0.29) is 0 Å². The number of hydrogen-bond acceptors (Lipinski definition) is 5. The Hall–Kier alpha value is -1.57. The van der Waals surface area contributed by atoms with Gasteiger partial charge < -0.3 is 10.2 Å². The van der Waals surface area contributed by atoms with Crippen molar-refractivity contribution < 1.29 is 17.6 Å². The van der Waals surface area contributed by atoms with Crippen LogP contribution >= 0.6 is 0 Å². The van der Waals surface area contributed by atoms with Crippen molar-refractivity contribution in [1.29, 1.82) is 0 Å². The van der Waals surface area contributed by atoms with Crippen LogP contribution in [0.25, 0.3) is 0 Å². The van der Waals surface area contributed by atoms with Crippen LogP contribution in [-0.2, 0) is 10.0 Å². The fourth-order valence-corrected chi connectivity index (χ4v) is 1.26. The average Bonchev–Trinajstić information content (AvgIpc) is 2.29. The van der Waals surface area contributed by atoms with Crippen LogP contribution in [0.3, 0.4) is 0 Å². The minimum atomic E-state index is -3.74. The van der Waals surface area contributed by atoms with Crippen molar-refractivity contribution in [3.05, 3.63) is 22.5 Å². The molecule has 7 nitrogen and oxygen atoms in total. The highest BCUT2D eigenvalue weighted by molar-refractivity contribution is 7.89. The molecular formula is C5H6N2O5S. The molecule has 0 unspecified atom stereocenters. The Morgan fingerprint density at radius 2 is 2.15 bits per heavy atom. The van der Waals surface area contributed by atoms with E-state index in [2.05, 4.69) is 4.42 Å². The molecule has 0 radical (unpaired) electrons. The normalized spacial score (nSPS) is 11.5. The van der Waals surface area contributed by atoms with Crippen molar-refractivity contribution >= 4 is 15.9 Å². The molecule has 0 aliphatic rings. The molecule has 1 aromatic heterocycles. The number of nitrogens with zero attached hydrogens (tertiary/aromatic N) is 1. The van der Waals surface area contributed by atoms with Gasteiger partial charge in [-0.1, -0.05) is 0 Å². The summed E-state index contributed by atoms with van der Waals surface area (Å²) < 4.78 is 26.2. The van der Waals surface area contributed by atoms with Gasteiger partial charge in [0.15, 0.2) is 0 Å². The van der Waals surface area contributed by atoms with E-state index < -0.39 is 27.4 Å². The van der Waals surface area contributed by atoms with Crippen LogP contribution in [0.4, 0.5) is 0 Å². The van der Waals surface area contributed by atoms with Gasteiger partial charge in [-0.15, -0.1) is 0 Å². The molecule has 0 saturated heterocycles. The van der Waals surface area contributed by atoms with E-state index in [1.165, 1.54) is 0 Å². The van der Waals surface area contributed by atoms with E-state index in [1.807, 2.05) is 0 Å². The number of nitrogens with two attached hydrogens (primary N) is 1. The van der Waals surface area contributed by atoms with Crippen LogP contribution in [0.2, 0.25) is 0 Å². The topological polar surface area (TPSA) is 112 Å². The molecule has 2 N–H and O–H groups in total. The molecule has 0 aliphatic carbocycles. The van der Waals surface area contributed by atoms with Crippen molar-refractivity contribution in [1.82, 2.24) is 3.97 Å². The van der Waals surface area contributed by atoms with Gasteiger partial charge >= 0.3 is 5.76 Å². The van der Waals surface area contributed by atoms with Gasteiger partial charge in [-0.05, 0) is 0 Å². The number of hydrogen-bond donors (Lipinski definition) is 1. The fourth-order valence-electron chi connectivity index (χ4n) is 0.670. The highest BCUT2D eigenvalue weighted by Gasteiger charge is 2.16. The average molecular weight is 206 g/mol. The quantitative estimate of drug-likeness (QED) is 0.622. The van der Waals surface area contributed by atoms with E-state index in [4.69, 9.17) is 5.73 Å². The number of amides is 1. The van der Waals surface area contributed by atoms with Gasteiger partial charge in [0.05, 0.1) is 12.5 Å². The van der Waals surface area contributed by atoms with Crippen LogP contribution in [-0.4, -0.2) is 24.6 Å². The largest absolute Gasteiger partial charge is 0.433 e. The maximum atomic E-state index is 10.8. The molecule has 0 fully saturated rings. The van der Waals surface area contributed by atoms with Gasteiger partial charge in [0.25, 0.3) is 5.91 Å². The Balaban J connectivity index is 3.44. The SMILES string of the molecule is CS(=O)(=O)n1cc(C(N)=O)oc1=O. The number of oxazole rings is 1. The number of aromatic nitrogens is 1. The summed E-state index contributed by atoms with van der Waals surface area (Å²) in [5.41, 5.74) is 4.76. The molecule has 1 aromatic rings. The van der Waals surface area contributed by atoms with E-state index in [0.29, 0.717) is 3.97 Å². The van der Waals surface area contributed by atoms with E-state index >= 15 is 0 Å². The molecule has 1 heterocycles. The number of carbonyl (C=O) groups excluding carboxylic acids is 1. The third-order valence-corrected chi connectivity index (χ3v) is 2.18. The van der Waals surface area contributed by atoms with Crippen LogP contribution < -0.4 is 11.5 Å². The maximum absolute atomic E-state index is 10.8. The van der Waals surface area contributed by atoms with Crippen molar-refractivity contribution in [2.75, 3.05) is 6.26 Å². The third-order valence-electron chi connectivity index (χ3n) is 1.21. The molecule has 0 aliphatic heterocycles. The Labute approximate surface area is 72.8 Å². The van der Waals surface area contributed by atoms with Gasteiger partial charge in [-0.2, -0.15) is 3.97 Å². The summed E-state index contributed by atoms with van der Waals surface area (Å²) in [6.07, 6.45) is 1.54. The van der Waals surface area contributed by atoms with Gasteiger partial charge in [-0.25, -0.2) is 13.2 Å². The summed E-state index contributed by atoms with van der Waals surface area (Å²) in [6, 6.07) is 0. The summed E-state index contributed by atoms with van der Waals surface area (Å²) in [4.78, 5) is 21.3. The molecule has 0 bridgehead atoms. The lowest BCUT2D eigenvalue weighted by atomic mass is 10.5. The molecule has 0 spiro atoms. The van der Waals surface area contributed by atoms with Crippen LogP contribution in [0, 0.1) is 0 Å². The Morgan fingerprint density at radius 1 is 1.62 bits per heavy atom. The van der Waals surface area contributed by atoms with Gasteiger partial charge in [0, 0.05) is 0 Å². The highest BCUT2D eigenvalue weighted by Crippen LogP contribution is 1.96. The van der Waals surface area contributed by atoms with Crippen molar-refractivity contribution in [2.45, 2.75) is 0 Å². The second kappa shape index (κ2) is 2.73. The van der Waals surface area contributed by atoms with Crippen LogP contribution in [0.5, 0.6) is 0 Å². The summed E-state index contributed by atoms with van der Waals surface area (Å²) in [5.74, 6) is -2.65. The lowest BCUT2D eigenvalue weighted by Gasteiger charge is -1.91. The zero-order valence-electron chi connectivity index (χ0n) is 6.55. The second-order valence-corrected chi connectivity index (χ2v) is 4.14. The van der Waals surface area contributed by atoms with Crippen molar-refractivity contribution in [2.24, 2.45) is 5.73 Å². The summed E-state index contributed by atoms with van der Waals surface area (Å²) in [7, 11) is -3.74. The first-order valence-electron chi connectivity index (χ1n) is 3.05. The zero-order valence-corrected chi connectivity index (χ0v) is 7.37. The minimum Gasteiger partial charge on any atom is -0.402 e.